The van der Waals surface area contributed by atoms with E-state index in [9.17, 15) is 14.4 Å². The molecule has 0 saturated carbocycles. The van der Waals surface area contributed by atoms with Crippen molar-refractivity contribution < 1.29 is 23.9 Å². The lowest BCUT2D eigenvalue weighted by atomic mass is 9.78. The van der Waals surface area contributed by atoms with E-state index in [0.717, 1.165) is 55.2 Å². The molecule has 186 valence electrons. The number of carbonyl (C=O) groups excluding carboxylic acids is 3. The number of carbonyl (C=O) groups is 3. The van der Waals surface area contributed by atoms with Crippen LogP contribution in [0.4, 0.5) is 0 Å². The first-order valence-corrected chi connectivity index (χ1v) is 12.4. The molecule has 0 amide bonds. The van der Waals surface area contributed by atoms with Gasteiger partial charge >= 0.3 is 5.97 Å². The minimum atomic E-state index is -1.20. The standard InChI is InChI=1S/C29H35NO5/c1-19(2)12-21-16-30-11-10-20-13-22(17-31)23(18-32)14-25(20)26(30)15-27(21)35-28(33)29(3,34-4)24-8-6-5-7-9-24/h5-9,13-14,17-19,21,26-27H,10-12,15-16H2,1-4H3/t21-,26+,27-,29+/m0/s1. The molecule has 4 rings (SSSR count). The molecule has 4 atom stereocenters. The largest absolute Gasteiger partial charge is 0.460 e. The molecule has 2 aliphatic rings. The van der Waals surface area contributed by atoms with Gasteiger partial charge in [-0.3, -0.25) is 14.5 Å². The number of fused-ring (bicyclic) bond motifs is 3. The fourth-order valence-corrected chi connectivity index (χ4v) is 5.67. The molecule has 6 heteroatoms. The molecule has 1 saturated heterocycles. The van der Waals surface area contributed by atoms with E-state index in [2.05, 4.69) is 18.7 Å². The summed E-state index contributed by atoms with van der Waals surface area (Å²) in [4.78, 5) is 39.1. The first kappa shape index (κ1) is 25.3. The fourth-order valence-electron chi connectivity index (χ4n) is 5.67. The number of hydrogen-bond acceptors (Lipinski definition) is 6. The first-order valence-electron chi connectivity index (χ1n) is 12.4. The Balaban J connectivity index is 1.65. The van der Waals surface area contributed by atoms with Crippen molar-refractivity contribution >= 4 is 18.5 Å². The number of benzene rings is 2. The van der Waals surface area contributed by atoms with Crippen LogP contribution in [0.25, 0.3) is 0 Å². The zero-order chi connectivity index (χ0) is 25.2. The second-order valence-corrected chi connectivity index (χ2v) is 10.3. The predicted molar refractivity (Wildman–Crippen MR) is 133 cm³/mol. The molecule has 0 spiro atoms. The van der Waals surface area contributed by atoms with Crippen LogP contribution in [0.2, 0.25) is 0 Å². The molecule has 1 fully saturated rings. The molecule has 2 heterocycles. The van der Waals surface area contributed by atoms with Crippen molar-refractivity contribution in [1.82, 2.24) is 4.90 Å². The SMILES string of the molecule is CO[C@@](C)(C(=O)O[C@H]1C[C@@H]2c3cc(C=O)c(C=O)cc3CCN2C[C@@H]1CC(C)C)c1ccccc1. The Kier molecular flexibility index (Phi) is 7.53. The lowest BCUT2D eigenvalue weighted by Crippen LogP contribution is -2.51. The van der Waals surface area contributed by atoms with Gasteiger partial charge in [-0.1, -0.05) is 44.2 Å². The van der Waals surface area contributed by atoms with Crippen molar-refractivity contribution in [2.75, 3.05) is 20.2 Å². The topological polar surface area (TPSA) is 72.9 Å². The number of ether oxygens (including phenoxy) is 2. The van der Waals surface area contributed by atoms with Crippen molar-refractivity contribution in [3.63, 3.8) is 0 Å². The van der Waals surface area contributed by atoms with Crippen molar-refractivity contribution in [2.45, 2.75) is 57.8 Å². The summed E-state index contributed by atoms with van der Waals surface area (Å²) in [6.07, 6.45) is 3.64. The molecule has 0 radical (unpaired) electrons. The Bertz CT molecular complexity index is 1080. The minimum Gasteiger partial charge on any atom is -0.460 e. The number of rotatable bonds is 8. The minimum absolute atomic E-state index is 0.0323. The van der Waals surface area contributed by atoms with Gasteiger partial charge in [0, 0.05) is 49.7 Å². The van der Waals surface area contributed by atoms with Crippen LogP contribution in [0, 0.1) is 11.8 Å². The number of methoxy groups -OCH3 is 1. The lowest BCUT2D eigenvalue weighted by Gasteiger charge is -2.47. The van der Waals surface area contributed by atoms with Gasteiger partial charge in [-0.05, 0) is 54.5 Å². The fraction of sp³-hybridized carbons (Fsp3) is 0.483. The molecule has 35 heavy (non-hydrogen) atoms. The Morgan fingerprint density at radius 2 is 1.83 bits per heavy atom. The van der Waals surface area contributed by atoms with Gasteiger partial charge < -0.3 is 9.47 Å². The van der Waals surface area contributed by atoms with E-state index < -0.39 is 5.60 Å². The summed E-state index contributed by atoms with van der Waals surface area (Å²) in [7, 11) is 1.53. The van der Waals surface area contributed by atoms with Gasteiger partial charge in [0.2, 0.25) is 0 Å². The van der Waals surface area contributed by atoms with Gasteiger partial charge in [0.1, 0.15) is 6.10 Å². The van der Waals surface area contributed by atoms with Crippen molar-refractivity contribution in [1.29, 1.82) is 0 Å². The quantitative estimate of drug-likeness (QED) is 0.404. The summed E-state index contributed by atoms with van der Waals surface area (Å²) in [5, 5.41) is 0. The molecule has 0 bridgehead atoms. The molecule has 0 aromatic heterocycles. The molecule has 0 aliphatic carbocycles. The third-order valence-corrected chi connectivity index (χ3v) is 7.67. The monoisotopic (exact) mass is 477 g/mol. The Morgan fingerprint density at radius 3 is 2.46 bits per heavy atom. The predicted octanol–water partition coefficient (Wildman–Crippen LogP) is 4.75. The van der Waals surface area contributed by atoms with Crippen LogP contribution in [0.5, 0.6) is 0 Å². The highest BCUT2D eigenvalue weighted by Gasteiger charge is 2.44. The second-order valence-electron chi connectivity index (χ2n) is 10.3. The Hall–Kier alpha value is -2.83. The Morgan fingerprint density at radius 1 is 1.14 bits per heavy atom. The van der Waals surface area contributed by atoms with Gasteiger partial charge in [-0.2, -0.15) is 0 Å². The van der Waals surface area contributed by atoms with E-state index in [1.54, 1.807) is 6.92 Å². The van der Waals surface area contributed by atoms with E-state index in [4.69, 9.17) is 9.47 Å². The highest BCUT2D eigenvalue weighted by atomic mass is 16.6. The van der Waals surface area contributed by atoms with Crippen LogP contribution in [-0.4, -0.2) is 49.7 Å². The normalized spacial score (nSPS) is 23.6. The van der Waals surface area contributed by atoms with Crippen LogP contribution in [-0.2, 0) is 26.3 Å². The van der Waals surface area contributed by atoms with Crippen molar-refractivity contribution in [2.24, 2.45) is 11.8 Å². The lowest BCUT2D eigenvalue weighted by molar-refractivity contribution is -0.182. The molecule has 0 unspecified atom stereocenters. The Labute approximate surface area is 207 Å². The molecule has 2 aromatic rings. The molecule has 0 N–H and O–H groups in total. The smallest absolute Gasteiger partial charge is 0.343 e. The first-order chi connectivity index (χ1) is 16.8. The van der Waals surface area contributed by atoms with Crippen LogP contribution < -0.4 is 0 Å². The number of hydrogen-bond donors (Lipinski definition) is 0. The second kappa shape index (κ2) is 10.4. The van der Waals surface area contributed by atoms with Crippen LogP contribution in [0.15, 0.2) is 42.5 Å². The molecule has 2 aliphatic heterocycles. The van der Waals surface area contributed by atoms with Gasteiger partial charge in [0.05, 0.1) is 0 Å². The summed E-state index contributed by atoms with van der Waals surface area (Å²) in [5.74, 6) is 0.280. The molecule has 6 nitrogen and oxygen atoms in total. The summed E-state index contributed by atoms with van der Waals surface area (Å²) in [6.45, 7) is 7.84. The van der Waals surface area contributed by atoms with Gasteiger partial charge in [0.25, 0.3) is 0 Å². The number of aldehydes is 2. The van der Waals surface area contributed by atoms with Gasteiger partial charge in [-0.15, -0.1) is 0 Å². The zero-order valence-electron chi connectivity index (χ0n) is 21.0. The summed E-state index contributed by atoms with van der Waals surface area (Å²) in [5.41, 5.74) is 2.56. The van der Waals surface area contributed by atoms with Gasteiger partial charge in [0.15, 0.2) is 18.2 Å². The maximum atomic E-state index is 13.5. The van der Waals surface area contributed by atoms with E-state index in [0.29, 0.717) is 23.5 Å². The third kappa shape index (κ3) is 4.95. The third-order valence-electron chi connectivity index (χ3n) is 7.67. The van der Waals surface area contributed by atoms with E-state index >= 15 is 0 Å². The molecular weight excluding hydrogens is 442 g/mol. The summed E-state index contributed by atoms with van der Waals surface area (Å²) in [6, 6.07) is 13.2. The number of nitrogens with zero attached hydrogens (tertiary/aromatic N) is 1. The number of esters is 1. The molecular formula is C29H35NO5. The van der Waals surface area contributed by atoms with Crippen LogP contribution >= 0.6 is 0 Å². The highest BCUT2D eigenvalue weighted by Crippen LogP contribution is 2.42. The highest BCUT2D eigenvalue weighted by molar-refractivity contribution is 5.91. The van der Waals surface area contributed by atoms with E-state index in [1.807, 2.05) is 42.5 Å². The maximum absolute atomic E-state index is 13.5. The van der Waals surface area contributed by atoms with Gasteiger partial charge in [-0.25, -0.2) is 4.79 Å². The van der Waals surface area contributed by atoms with E-state index in [-0.39, 0.29) is 24.0 Å². The maximum Gasteiger partial charge on any atom is 0.343 e. The number of piperidine rings is 1. The van der Waals surface area contributed by atoms with Crippen molar-refractivity contribution in [3.05, 3.63) is 70.3 Å². The molecule has 2 aromatic carbocycles. The zero-order valence-corrected chi connectivity index (χ0v) is 21.0. The van der Waals surface area contributed by atoms with Crippen LogP contribution in [0.1, 0.15) is 77.1 Å². The van der Waals surface area contributed by atoms with Crippen LogP contribution in [0.3, 0.4) is 0 Å². The average Bonchev–Trinajstić information content (AvgIpc) is 2.87. The summed E-state index contributed by atoms with van der Waals surface area (Å²) >= 11 is 0. The van der Waals surface area contributed by atoms with E-state index in [1.165, 1.54) is 7.11 Å². The van der Waals surface area contributed by atoms with Crippen molar-refractivity contribution in [3.8, 4) is 0 Å². The summed E-state index contributed by atoms with van der Waals surface area (Å²) < 4.78 is 12.0. The average molecular weight is 478 g/mol.